The molecule has 0 radical (unpaired) electrons. The highest BCUT2D eigenvalue weighted by atomic mass is 19.1. The van der Waals surface area contributed by atoms with Crippen LogP contribution in [0.25, 0.3) is 0 Å². The number of carbonyl (C=O) groups excluding carboxylic acids is 1. The fourth-order valence-electron chi connectivity index (χ4n) is 1.95. The van der Waals surface area contributed by atoms with Crippen LogP contribution in [0.3, 0.4) is 0 Å². The number of amides is 2. The lowest BCUT2D eigenvalue weighted by molar-refractivity contribution is 0.240. The molecular weight excluding hydrogens is 238 g/mol. The van der Waals surface area contributed by atoms with E-state index in [0.29, 0.717) is 13.0 Å². The molecule has 1 aromatic carbocycles. The minimum absolute atomic E-state index is 0.0529. The van der Waals surface area contributed by atoms with E-state index in [2.05, 4.69) is 10.6 Å². The van der Waals surface area contributed by atoms with Gasteiger partial charge in [0.05, 0.1) is 6.67 Å². The molecule has 0 saturated heterocycles. The van der Waals surface area contributed by atoms with Gasteiger partial charge in [0, 0.05) is 18.5 Å². The number of hydrogen-bond acceptors (Lipinski definition) is 1. The summed E-state index contributed by atoms with van der Waals surface area (Å²) in [5, 5.41) is 5.36. The molecule has 1 aliphatic rings. The zero-order chi connectivity index (χ0) is 13.0. The van der Waals surface area contributed by atoms with Crippen LogP contribution in [0.15, 0.2) is 24.3 Å². The number of benzene rings is 1. The van der Waals surface area contributed by atoms with Crippen molar-refractivity contribution in [2.24, 2.45) is 0 Å². The van der Waals surface area contributed by atoms with Crippen LogP contribution in [0.1, 0.15) is 24.3 Å². The average molecular weight is 254 g/mol. The van der Waals surface area contributed by atoms with Crippen LogP contribution in [-0.4, -0.2) is 25.3 Å². The Kier molecular flexibility index (Phi) is 4.12. The molecule has 0 aliphatic heterocycles. The summed E-state index contributed by atoms with van der Waals surface area (Å²) in [4.78, 5) is 11.4. The van der Waals surface area contributed by atoms with Crippen LogP contribution in [0.5, 0.6) is 0 Å². The molecule has 2 N–H and O–H groups in total. The summed E-state index contributed by atoms with van der Waals surface area (Å²) in [6, 6.07) is 6.19. The van der Waals surface area contributed by atoms with Gasteiger partial charge in [-0.15, -0.1) is 0 Å². The Bertz CT molecular complexity index is 425. The third-order valence-electron chi connectivity index (χ3n) is 2.98. The lowest BCUT2D eigenvalue weighted by Crippen LogP contribution is -2.37. The normalized spacial score (nSPS) is 21.4. The lowest BCUT2D eigenvalue weighted by Gasteiger charge is -2.06. The zero-order valence-corrected chi connectivity index (χ0v) is 9.96. The maximum atomic E-state index is 13.0. The largest absolute Gasteiger partial charge is 0.338 e. The lowest BCUT2D eigenvalue weighted by atomic mass is 10.1. The highest BCUT2D eigenvalue weighted by Crippen LogP contribution is 2.40. The number of urea groups is 1. The summed E-state index contributed by atoms with van der Waals surface area (Å²) >= 11 is 0. The molecule has 18 heavy (non-hydrogen) atoms. The first-order chi connectivity index (χ1) is 8.70. The van der Waals surface area contributed by atoms with Gasteiger partial charge in [0.15, 0.2) is 0 Å². The standard InChI is InChI=1S/C13H16F2N2O/c14-5-2-6-16-13(18)17-12-8-11(12)9-3-1-4-10(15)7-9/h1,3-4,7,11-12H,2,5-6,8H2,(H2,16,17,18)/t11-,12+/m0/s1. The molecule has 2 atom stereocenters. The molecule has 98 valence electrons. The monoisotopic (exact) mass is 254 g/mol. The first kappa shape index (κ1) is 12.8. The van der Waals surface area contributed by atoms with E-state index in [-0.39, 0.29) is 23.8 Å². The second kappa shape index (κ2) is 5.80. The van der Waals surface area contributed by atoms with Crippen molar-refractivity contribution in [3.05, 3.63) is 35.6 Å². The number of carbonyl (C=O) groups is 1. The van der Waals surface area contributed by atoms with E-state index < -0.39 is 6.67 Å². The topological polar surface area (TPSA) is 41.1 Å². The number of rotatable bonds is 5. The van der Waals surface area contributed by atoms with Crippen molar-refractivity contribution in [2.75, 3.05) is 13.2 Å². The molecule has 5 heteroatoms. The molecule has 0 spiro atoms. The molecule has 0 heterocycles. The van der Waals surface area contributed by atoms with Gasteiger partial charge in [-0.2, -0.15) is 0 Å². The van der Waals surface area contributed by atoms with Crippen molar-refractivity contribution in [2.45, 2.75) is 24.8 Å². The van der Waals surface area contributed by atoms with Crippen molar-refractivity contribution in [1.82, 2.24) is 10.6 Å². The van der Waals surface area contributed by atoms with Gasteiger partial charge in [0.25, 0.3) is 0 Å². The highest BCUT2D eigenvalue weighted by molar-refractivity contribution is 5.74. The van der Waals surface area contributed by atoms with E-state index in [9.17, 15) is 13.6 Å². The van der Waals surface area contributed by atoms with Crippen molar-refractivity contribution in [1.29, 1.82) is 0 Å². The molecule has 2 rings (SSSR count). The van der Waals surface area contributed by atoms with Gasteiger partial charge in [-0.1, -0.05) is 12.1 Å². The van der Waals surface area contributed by atoms with Crippen LogP contribution >= 0.6 is 0 Å². The predicted octanol–water partition coefficient (Wildman–Crippen LogP) is 2.34. The summed E-state index contributed by atoms with van der Waals surface area (Å²) in [5.74, 6) is -0.0711. The SMILES string of the molecule is O=C(NCCCF)N[C@@H]1C[C@H]1c1cccc(F)c1. The third-order valence-corrected chi connectivity index (χ3v) is 2.98. The smallest absolute Gasteiger partial charge is 0.315 e. The van der Waals surface area contributed by atoms with Crippen molar-refractivity contribution >= 4 is 6.03 Å². The second-order valence-electron chi connectivity index (χ2n) is 4.45. The number of hydrogen-bond donors (Lipinski definition) is 2. The quantitative estimate of drug-likeness (QED) is 0.778. The van der Waals surface area contributed by atoms with Gasteiger partial charge < -0.3 is 10.6 Å². The number of alkyl halides is 1. The van der Waals surface area contributed by atoms with Crippen LogP contribution in [0.4, 0.5) is 13.6 Å². The Labute approximate surface area is 105 Å². The molecule has 0 aromatic heterocycles. The maximum Gasteiger partial charge on any atom is 0.315 e. The van der Waals surface area contributed by atoms with Crippen LogP contribution in [0.2, 0.25) is 0 Å². The summed E-state index contributed by atoms with van der Waals surface area (Å²) in [6.07, 6.45) is 1.14. The fourth-order valence-corrected chi connectivity index (χ4v) is 1.95. The summed E-state index contributed by atoms with van der Waals surface area (Å²) in [7, 11) is 0. The number of halogens is 2. The Morgan fingerprint density at radius 1 is 1.44 bits per heavy atom. The molecule has 2 amide bonds. The molecule has 0 unspecified atom stereocenters. The Morgan fingerprint density at radius 2 is 2.28 bits per heavy atom. The molecule has 1 saturated carbocycles. The van der Waals surface area contributed by atoms with Crippen LogP contribution in [-0.2, 0) is 0 Å². The van der Waals surface area contributed by atoms with E-state index in [1.54, 1.807) is 6.07 Å². The Hall–Kier alpha value is -1.65. The molecule has 1 aliphatic carbocycles. The highest BCUT2D eigenvalue weighted by Gasteiger charge is 2.39. The van der Waals surface area contributed by atoms with Crippen LogP contribution in [0, 0.1) is 5.82 Å². The van der Waals surface area contributed by atoms with Gasteiger partial charge >= 0.3 is 6.03 Å². The minimum Gasteiger partial charge on any atom is -0.338 e. The Morgan fingerprint density at radius 3 is 3.00 bits per heavy atom. The zero-order valence-electron chi connectivity index (χ0n) is 9.96. The van der Waals surface area contributed by atoms with Gasteiger partial charge in [-0.3, -0.25) is 4.39 Å². The first-order valence-electron chi connectivity index (χ1n) is 6.06. The van der Waals surface area contributed by atoms with E-state index in [0.717, 1.165) is 12.0 Å². The molecule has 1 fully saturated rings. The van der Waals surface area contributed by atoms with E-state index in [1.807, 2.05) is 6.07 Å². The van der Waals surface area contributed by atoms with Crippen molar-refractivity contribution in [3.8, 4) is 0 Å². The van der Waals surface area contributed by atoms with Gasteiger partial charge in [0.1, 0.15) is 5.82 Å². The molecular formula is C13H16F2N2O. The summed E-state index contributed by atoms with van der Waals surface area (Å²) < 4.78 is 24.8. The summed E-state index contributed by atoms with van der Waals surface area (Å²) in [5.41, 5.74) is 0.907. The second-order valence-corrected chi connectivity index (χ2v) is 4.45. The average Bonchev–Trinajstić information content (AvgIpc) is 3.08. The molecule has 3 nitrogen and oxygen atoms in total. The molecule has 1 aromatic rings. The van der Waals surface area contributed by atoms with Crippen molar-refractivity contribution < 1.29 is 13.6 Å². The van der Waals surface area contributed by atoms with E-state index in [1.165, 1.54) is 12.1 Å². The first-order valence-corrected chi connectivity index (χ1v) is 6.06. The maximum absolute atomic E-state index is 13.0. The molecule has 0 bridgehead atoms. The van der Waals surface area contributed by atoms with Crippen LogP contribution < -0.4 is 10.6 Å². The van der Waals surface area contributed by atoms with E-state index >= 15 is 0 Å². The number of nitrogens with one attached hydrogen (secondary N) is 2. The summed E-state index contributed by atoms with van der Waals surface area (Å²) in [6.45, 7) is -0.102. The predicted molar refractivity (Wildman–Crippen MR) is 64.7 cm³/mol. The van der Waals surface area contributed by atoms with Crippen molar-refractivity contribution in [3.63, 3.8) is 0 Å². The third kappa shape index (κ3) is 3.42. The van der Waals surface area contributed by atoms with Gasteiger partial charge in [0.2, 0.25) is 0 Å². The fraction of sp³-hybridized carbons (Fsp3) is 0.462. The van der Waals surface area contributed by atoms with Gasteiger partial charge in [-0.05, 0) is 30.5 Å². The van der Waals surface area contributed by atoms with E-state index in [4.69, 9.17) is 0 Å². The van der Waals surface area contributed by atoms with Gasteiger partial charge in [-0.25, -0.2) is 9.18 Å². The Balaban J connectivity index is 1.76. The minimum atomic E-state index is -0.435.